The maximum absolute atomic E-state index is 12.8. The molecule has 0 aliphatic carbocycles. The normalized spacial score (nSPS) is 17.1. The molecule has 26 heavy (non-hydrogen) atoms. The molecule has 2 N–H and O–H groups in total. The van der Waals surface area contributed by atoms with Crippen LogP contribution in [0.1, 0.15) is 18.4 Å². The van der Waals surface area contributed by atoms with Crippen LogP contribution in [0.4, 0.5) is 18.9 Å². The van der Waals surface area contributed by atoms with Gasteiger partial charge in [-0.25, -0.2) is 4.68 Å². The van der Waals surface area contributed by atoms with Crippen molar-refractivity contribution in [2.24, 2.45) is 0 Å². The standard InChI is InChI=1S/C17H19F3N4O2/c1-26-16(5-7-21-8-6-16)15(25)23-13-10-22-24(11-13)14-4-2-3-12(9-14)17(18,19)20/h2-4,9-11,21H,5-8H2,1H3,(H,23,25). The number of nitrogens with zero attached hydrogens (tertiary/aromatic N) is 2. The molecule has 0 atom stereocenters. The van der Waals surface area contributed by atoms with Crippen molar-refractivity contribution in [2.45, 2.75) is 24.6 Å². The maximum Gasteiger partial charge on any atom is 0.416 e. The first-order valence-corrected chi connectivity index (χ1v) is 8.14. The van der Waals surface area contributed by atoms with Gasteiger partial charge in [-0.05, 0) is 44.1 Å². The van der Waals surface area contributed by atoms with Crippen LogP contribution in [-0.2, 0) is 15.7 Å². The minimum absolute atomic E-state index is 0.253. The predicted molar refractivity (Wildman–Crippen MR) is 89.0 cm³/mol. The Hall–Kier alpha value is -2.39. The highest BCUT2D eigenvalue weighted by Crippen LogP contribution is 2.30. The first-order valence-electron chi connectivity index (χ1n) is 8.14. The van der Waals surface area contributed by atoms with Crippen molar-refractivity contribution in [3.63, 3.8) is 0 Å². The Morgan fingerprint density at radius 3 is 2.73 bits per heavy atom. The highest BCUT2D eigenvalue weighted by molar-refractivity contribution is 5.97. The van der Waals surface area contributed by atoms with E-state index in [0.29, 0.717) is 31.6 Å². The smallest absolute Gasteiger partial charge is 0.368 e. The van der Waals surface area contributed by atoms with Crippen LogP contribution in [0.3, 0.4) is 0 Å². The summed E-state index contributed by atoms with van der Waals surface area (Å²) in [6.45, 7) is 1.34. The monoisotopic (exact) mass is 368 g/mol. The van der Waals surface area contributed by atoms with Crippen LogP contribution in [0.2, 0.25) is 0 Å². The highest BCUT2D eigenvalue weighted by atomic mass is 19.4. The zero-order chi connectivity index (χ0) is 18.8. The molecular formula is C17H19F3N4O2. The van der Waals surface area contributed by atoms with Gasteiger partial charge in [0, 0.05) is 7.11 Å². The van der Waals surface area contributed by atoms with Crippen LogP contribution in [0.15, 0.2) is 36.7 Å². The average Bonchev–Trinajstić information content (AvgIpc) is 3.10. The predicted octanol–water partition coefficient (Wildman–Crippen LogP) is 2.60. The molecule has 140 valence electrons. The quantitative estimate of drug-likeness (QED) is 0.871. The first kappa shape index (κ1) is 18.4. The summed E-state index contributed by atoms with van der Waals surface area (Å²) in [5.74, 6) is -0.287. The molecule has 2 heterocycles. The summed E-state index contributed by atoms with van der Waals surface area (Å²) in [4.78, 5) is 12.6. The third-order valence-corrected chi connectivity index (χ3v) is 4.49. The molecule has 0 unspecified atom stereocenters. The van der Waals surface area contributed by atoms with Gasteiger partial charge in [-0.3, -0.25) is 4.79 Å². The zero-order valence-electron chi connectivity index (χ0n) is 14.1. The molecule has 1 aromatic carbocycles. The van der Waals surface area contributed by atoms with Gasteiger partial charge in [0.25, 0.3) is 5.91 Å². The lowest BCUT2D eigenvalue weighted by Crippen LogP contribution is -2.51. The van der Waals surface area contributed by atoms with E-state index in [4.69, 9.17) is 4.74 Å². The van der Waals surface area contributed by atoms with Crippen LogP contribution in [-0.4, -0.2) is 41.5 Å². The summed E-state index contributed by atoms with van der Waals surface area (Å²) >= 11 is 0. The van der Waals surface area contributed by atoms with Crippen LogP contribution < -0.4 is 10.6 Å². The van der Waals surface area contributed by atoms with Gasteiger partial charge in [0.2, 0.25) is 0 Å². The molecular weight excluding hydrogens is 349 g/mol. The number of aromatic nitrogens is 2. The minimum Gasteiger partial charge on any atom is -0.368 e. The minimum atomic E-state index is -4.43. The highest BCUT2D eigenvalue weighted by Gasteiger charge is 2.39. The van der Waals surface area contributed by atoms with E-state index in [1.165, 1.54) is 36.3 Å². The van der Waals surface area contributed by atoms with Crippen molar-refractivity contribution >= 4 is 11.6 Å². The van der Waals surface area contributed by atoms with E-state index in [1.807, 2.05) is 0 Å². The van der Waals surface area contributed by atoms with Crippen LogP contribution in [0.25, 0.3) is 5.69 Å². The number of nitrogens with one attached hydrogen (secondary N) is 2. The molecule has 0 spiro atoms. The van der Waals surface area contributed by atoms with Gasteiger partial charge < -0.3 is 15.4 Å². The zero-order valence-corrected chi connectivity index (χ0v) is 14.1. The second kappa shape index (κ2) is 7.08. The van der Waals surface area contributed by atoms with Crippen molar-refractivity contribution in [1.82, 2.24) is 15.1 Å². The lowest BCUT2D eigenvalue weighted by Gasteiger charge is -2.34. The number of piperidine rings is 1. The summed E-state index contributed by atoms with van der Waals surface area (Å²) in [6, 6.07) is 4.82. The fourth-order valence-electron chi connectivity index (χ4n) is 2.95. The number of carbonyl (C=O) groups excluding carboxylic acids is 1. The molecule has 1 aromatic heterocycles. The Kier molecular flexibility index (Phi) is 5.01. The molecule has 1 fully saturated rings. The molecule has 9 heteroatoms. The summed E-state index contributed by atoms with van der Waals surface area (Å²) in [7, 11) is 1.50. The van der Waals surface area contributed by atoms with E-state index in [2.05, 4.69) is 15.7 Å². The van der Waals surface area contributed by atoms with E-state index in [0.717, 1.165) is 12.1 Å². The Morgan fingerprint density at radius 2 is 2.08 bits per heavy atom. The van der Waals surface area contributed by atoms with E-state index in [1.54, 1.807) is 0 Å². The van der Waals surface area contributed by atoms with Crippen molar-refractivity contribution in [3.8, 4) is 5.69 Å². The van der Waals surface area contributed by atoms with Gasteiger partial charge in [-0.1, -0.05) is 6.07 Å². The Morgan fingerprint density at radius 1 is 1.35 bits per heavy atom. The first-order chi connectivity index (χ1) is 12.3. The molecule has 1 aliphatic heterocycles. The van der Waals surface area contributed by atoms with Crippen LogP contribution in [0, 0.1) is 0 Å². The molecule has 1 aliphatic rings. The maximum atomic E-state index is 12.8. The lowest BCUT2D eigenvalue weighted by molar-refractivity contribution is -0.140. The molecule has 0 radical (unpaired) electrons. The molecule has 2 aromatic rings. The Balaban J connectivity index is 1.77. The van der Waals surface area contributed by atoms with E-state index in [9.17, 15) is 18.0 Å². The fourth-order valence-corrected chi connectivity index (χ4v) is 2.95. The number of halogens is 3. The fraction of sp³-hybridized carbons (Fsp3) is 0.412. The molecule has 1 saturated heterocycles. The number of hydrogen-bond donors (Lipinski definition) is 2. The second-order valence-corrected chi connectivity index (χ2v) is 6.12. The molecule has 0 saturated carbocycles. The summed E-state index contributed by atoms with van der Waals surface area (Å²) in [5.41, 5.74) is -1.03. The van der Waals surface area contributed by atoms with E-state index in [-0.39, 0.29) is 11.6 Å². The van der Waals surface area contributed by atoms with Crippen molar-refractivity contribution in [2.75, 3.05) is 25.5 Å². The Labute approximate surface area is 148 Å². The Bertz CT molecular complexity index is 782. The van der Waals surface area contributed by atoms with Gasteiger partial charge >= 0.3 is 6.18 Å². The lowest BCUT2D eigenvalue weighted by atomic mass is 9.91. The van der Waals surface area contributed by atoms with Gasteiger partial charge in [-0.2, -0.15) is 18.3 Å². The number of methoxy groups -OCH3 is 1. The summed E-state index contributed by atoms with van der Waals surface area (Å²) in [5, 5.41) is 9.95. The number of benzene rings is 1. The number of carbonyl (C=O) groups is 1. The van der Waals surface area contributed by atoms with Gasteiger partial charge in [0.15, 0.2) is 0 Å². The topological polar surface area (TPSA) is 68.2 Å². The summed E-state index contributed by atoms with van der Waals surface area (Å²) in [6.07, 6.45) is -0.491. The third kappa shape index (κ3) is 3.73. The molecule has 3 rings (SSSR count). The molecule has 0 bridgehead atoms. The second-order valence-electron chi connectivity index (χ2n) is 6.12. The van der Waals surface area contributed by atoms with E-state index >= 15 is 0 Å². The van der Waals surface area contributed by atoms with E-state index < -0.39 is 17.3 Å². The summed E-state index contributed by atoms with van der Waals surface area (Å²) < 4.78 is 45.3. The van der Waals surface area contributed by atoms with Gasteiger partial charge in [0.1, 0.15) is 5.60 Å². The largest absolute Gasteiger partial charge is 0.416 e. The SMILES string of the molecule is COC1(C(=O)Nc2cnn(-c3cccc(C(F)(F)F)c3)c2)CCNCC1. The number of rotatable bonds is 4. The number of anilines is 1. The number of amides is 1. The van der Waals surface area contributed by atoms with Crippen LogP contribution >= 0.6 is 0 Å². The average molecular weight is 368 g/mol. The van der Waals surface area contributed by atoms with Crippen LogP contribution in [0.5, 0.6) is 0 Å². The molecule has 6 nitrogen and oxygen atoms in total. The number of alkyl halides is 3. The van der Waals surface area contributed by atoms with Crippen molar-refractivity contribution in [1.29, 1.82) is 0 Å². The third-order valence-electron chi connectivity index (χ3n) is 4.49. The number of ether oxygens (including phenoxy) is 1. The number of hydrogen-bond acceptors (Lipinski definition) is 4. The molecule has 1 amide bonds. The van der Waals surface area contributed by atoms with Crippen molar-refractivity contribution in [3.05, 3.63) is 42.2 Å². The van der Waals surface area contributed by atoms with Gasteiger partial charge in [-0.15, -0.1) is 0 Å². The van der Waals surface area contributed by atoms with Gasteiger partial charge in [0.05, 0.1) is 29.3 Å². The van der Waals surface area contributed by atoms with Crippen molar-refractivity contribution < 1.29 is 22.7 Å².